The molecule has 0 unspecified atom stereocenters. The van der Waals surface area contributed by atoms with E-state index in [-0.39, 0.29) is 12.1 Å². The van der Waals surface area contributed by atoms with Crippen LogP contribution in [0.15, 0.2) is 36.7 Å². The van der Waals surface area contributed by atoms with Crippen LogP contribution < -0.4 is 5.32 Å². The number of nitrogens with one attached hydrogen (secondary N) is 1. The minimum absolute atomic E-state index is 0.164. The van der Waals surface area contributed by atoms with Crippen LogP contribution in [0.3, 0.4) is 0 Å². The fourth-order valence-electron chi connectivity index (χ4n) is 2.39. The van der Waals surface area contributed by atoms with E-state index >= 15 is 0 Å². The van der Waals surface area contributed by atoms with Gasteiger partial charge in [0, 0.05) is 12.7 Å². The molecule has 1 saturated heterocycles. The second-order valence-corrected chi connectivity index (χ2v) is 4.79. The summed E-state index contributed by atoms with van der Waals surface area (Å²) < 4.78 is 7.35. The Kier molecular flexibility index (Phi) is 3.72. The number of aromatic nitrogens is 3. The van der Waals surface area contributed by atoms with Crippen LogP contribution in [0.1, 0.15) is 17.2 Å². The Labute approximate surface area is 117 Å². The second kappa shape index (κ2) is 5.82. The third kappa shape index (κ3) is 2.69. The largest absolute Gasteiger partial charge is 0.377 e. The predicted molar refractivity (Wildman–Crippen MR) is 71.7 cm³/mol. The van der Waals surface area contributed by atoms with Gasteiger partial charge in [0.2, 0.25) is 0 Å². The van der Waals surface area contributed by atoms with Crippen LogP contribution in [0.5, 0.6) is 0 Å². The number of rotatable bonds is 4. The molecule has 0 bridgehead atoms. The van der Waals surface area contributed by atoms with E-state index in [0.717, 1.165) is 5.56 Å². The zero-order chi connectivity index (χ0) is 13.8. The highest BCUT2D eigenvalue weighted by atomic mass is 16.5. The number of ether oxygens (including phenoxy) is 1. The molecule has 0 radical (unpaired) electrons. The monoisotopic (exact) mass is 269 g/mol. The maximum atomic E-state index is 8.90. The fourth-order valence-corrected chi connectivity index (χ4v) is 2.39. The molecule has 3 rings (SSSR count). The summed E-state index contributed by atoms with van der Waals surface area (Å²) in [6, 6.07) is 10.1. The van der Waals surface area contributed by atoms with Crippen molar-refractivity contribution in [1.29, 1.82) is 5.26 Å². The molecule has 2 heterocycles. The van der Waals surface area contributed by atoms with Crippen LogP contribution in [0, 0.1) is 11.3 Å². The molecule has 1 aromatic heterocycles. The van der Waals surface area contributed by atoms with Gasteiger partial charge in [-0.3, -0.25) is 0 Å². The van der Waals surface area contributed by atoms with Gasteiger partial charge in [-0.2, -0.15) is 5.26 Å². The first-order valence-corrected chi connectivity index (χ1v) is 6.53. The Bertz CT molecular complexity index is 604. The van der Waals surface area contributed by atoms with Gasteiger partial charge in [-0.1, -0.05) is 17.3 Å². The Hall–Kier alpha value is -2.23. The van der Waals surface area contributed by atoms with E-state index in [1.807, 2.05) is 29.1 Å². The minimum atomic E-state index is 0.164. The molecular weight excluding hydrogens is 254 g/mol. The van der Waals surface area contributed by atoms with Crippen molar-refractivity contribution in [3.8, 4) is 6.07 Å². The smallest absolute Gasteiger partial charge is 0.0991 e. The molecule has 1 aliphatic heterocycles. The van der Waals surface area contributed by atoms with E-state index in [0.29, 0.717) is 25.3 Å². The van der Waals surface area contributed by atoms with Crippen molar-refractivity contribution in [2.75, 3.05) is 13.2 Å². The van der Waals surface area contributed by atoms with Crippen molar-refractivity contribution >= 4 is 0 Å². The molecule has 1 fully saturated rings. The summed E-state index contributed by atoms with van der Waals surface area (Å²) in [4.78, 5) is 0. The van der Waals surface area contributed by atoms with Crippen molar-refractivity contribution in [2.45, 2.75) is 18.6 Å². The summed E-state index contributed by atoms with van der Waals surface area (Å²) in [5.74, 6) is 0. The van der Waals surface area contributed by atoms with Crippen molar-refractivity contribution in [2.24, 2.45) is 0 Å². The van der Waals surface area contributed by atoms with Crippen LogP contribution in [0.4, 0.5) is 0 Å². The highest BCUT2D eigenvalue weighted by Crippen LogP contribution is 2.18. The summed E-state index contributed by atoms with van der Waals surface area (Å²) >= 11 is 0. The van der Waals surface area contributed by atoms with E-state index < -0.39 is 0 Å². The average molecular weight is 269 g/mol. The number of hydrogen-bond acceptors (Lipinski definition) is 5. The third-order valence-corrected chi connectivity index (χ3v) is 3.46. The van der Waals surface area contributed by atoms with Gasteiger partial charge in [-0.25, -0.2) is 4.68 Å². The Balaban J connectivity index is 1.64. The van der Waals surface area contributed by atoms with Gasteiger partial charge >= 0.3 is 0 Å². The highest BCUT2D eigenvalue weighted by molar-refractivity contribution is 5.32. The molecular formula is C14H15N5O. The Morgan fingerprint density at radius 1 is 1.45 bits per heavy atom. The molecule has 2 aromatic rings. The first kappa shape index (κ1) is 12.8. The maximum absolute atomic E-state index is 8.90. The standard InChI is InChI=1S/C14H15N5O/c15-7-11-2-1-3-12(6-11)8-16-13-9-20-10-14(13)19-5-4-17-18-19/h1-6,13-14,16H,8-10H2/t13-,14+/m0/s1. The van der Waals surface area contributed by atoms with Crippen LogP contribution in [0.25, 0.3) is 0 Å². The number of hydrogen-bond donors (Lipinski definition) is 1. The summed E-state index contributed by atoms with van der Waals surface area (Å²) in [5.41, 5.74) is 1.77. The normalized spacial score (nSPS) is 21.8. The van der Waals surface area contributed by atoms with E-state index in [1.54, 1.807) is 12.3 Å². The van der Waals surface area contributed by atoms with Gasteiger partial charge in [0.15, 0.2) is 0 Å². The van der Waals surface area contributed by atoms with Crippen LogP contribution in [-0.2, 0) is 11.3 Å². The van der Waals surface area contributed by atoms with Crippen LogP contribution in [0.2, 0.25) is 0 Å². The lowest BCUT2D eigenvalue weighted by atomic mass is 10.1. The number of nitrogens with zero attached hydrogens (tertiary/aromatic N) is 4. The number of benzene rings is 1. The Morgan fingerprint density at radius 3 is 3.20 bits per heavy atom. The van der Waals surface area contributed by atoms with Crippen LogP contribution in [-0.4, -0.2) is 34.2 Å². The maximum Gasteiger partial charge on any atom is 0.0991 e. The zero-order valence-electron chi connectivity index (χ0n) is 10.9. The summed E-state index contributed by atoms with van der Waals surface area (Å²) in [7, 11) is 0. The molecule has 0 amide bonds. The molecule has 20 heavy (non-hydrogen) atoms. The second-order valence-electron chi connectivity index (χ2n) is 4.79. The molecule has 0 spiro atoms. The van der Waals surface area contributed by atoms with E-state index in [2.05, 4.69) is 21.7 Å². The first-order valence-electron chi connectivity index (χ1n) is 6.53. The number of nitriles is 1. The highest BCUT2D eigenvalue weighted by Gasteiger charge is 2.29. The van der Waals surface area contributed by atoms with Crippen molar-refractivity contribution < 1.29 is 4.74 Å². The van der Waals surface area contributed by atoms with Crippen molar-refractivity contribution in [3.63, 3.8) is 0 Å². The third-order valence-electron chi connectivity index (χ3n) is 3.46. The van der Waals surface area contributed by atoms with Gasteiger partial charge in [0.25, 0.3) is 0 Å². The molecule has 1 aromatic carbocycles. The summed E-state index contributed by atoms with van der Waals surface area (Å²) in [6.45, 7) is 2.00. The fraction of sp³-hybridized carbons (Fsp3) is 0.357. The van der Waals surface area contributed by atoms with Crippen molar-refractivity contribution in [3.05, 3.63) is 47.8 Å². The summed E-state index contributed by atoms with van der Waals surface area (Å²) in [6.07, 6.45) is 3.52. The van der Waals surface area contributed by atoms with Crippen molar-refractivity contribution in [1.82, 2.24) is 20.3 Å². The molecule has 6 heteroatoms. The molecule has 6 nitrogen and oxygen atoms in total. The first-order chi connectivity index (χ1) is 9.86. The molecule has 102 valence electrons. The zero-order valence-corrected chi connectivity index (χ0v) is 10.9. The van der Waals surface area contributed by atoms with Gasteiger partial charge < -0.3 is 10.1 Å². The van der Waals surface area contributed by atoms with E-state index in [4.69, 9.17) is 10.00 Å². The average Bonchev–Trinajstić information content (AvgIpc) is 3.16. The summed E-state index contributed by atoms with van der Waals surface area (Å²) in [5, 5.41) is 20.2. The van der Waals surface area contributed by atoms with E-state index in [1.165, 1.54) is 0 Å². The quantitative estimate of drug-likeness (QED) is 0.891. The molecule has 0 saturated carbocycles. The lowest BCUT2D eigenvalue weighted by Gasteiger charge is -2.19. The van der Waals surface area contributed by atoms with Crippen LogP contribution >= 0.6 is 0 Å². The molecule has 1 N–H and O–H groups in total. The lowest BCUT2D eigenvalue weighted by molar-refractivity contribution is 0.181. The van der Waals surface area contributed by atoms with Gasteiger partial charge in [-0.05, 0) is 17.7 Å². The SMILES string of the molecule is N#Cc1cccc(CN[C@H]2COC[C@H]2n2ccnn2)c1. The van der Waals surface area contributed by atoms with E-state index in [9.17, 15) is 0 Å². The molecule has 2 atom stereocenters. The minimum Gasteiger partial charge on any atom is -0.377 e. The lowest BCUT2D eigenvalue weighted by Crippen LogP contribution is -2.36. The van der Waals surface area contributed by atoms with Gasteiger partial charge in [0.1, 0.15) is 0 Å². The van der Waals surface area contributed by atoms with Gasteiger partial charge in [0.05, 0.1) is 43.1 Å². The predicted octanol–water partition coefficient (Wildman–Crippen LogP) is 0.879. The molecule has 0 aliphatic carbocycles. The molecule has 1 aliphatic rings. The van der Waals surface area contributed by atoms with Gasteiger partial charge in [-0.15, -0.1) is 5.10 Å². The topological polar surface area (TPSA) is 75.8 Å². The Morgan fingerprint density at radius 2 is 2.40 bits per heavy atom.